The first-order valence-corrected chi connectivity index (χ1v) is 5.85. The summed E-state index contributed by atoms with van der Waals surface area (Å²) < 4.78 is 50.8. The number of ether oxygens (including phenoxy) is 1. The van der Waals surface area contributed by atoms with E-state index in [0.29, 0.717) is 11.1 Å². The fourth-order valence-electron chi connectivity index (χ4n) is 1.37. The summed E-state index contributed by atoms with van der Waals surface area (Å²) in [5.74, 6) is -0.400. The van der Waals surface area contributed by atoms with Gasteiger partial charge in [-0.25, -0.2) is 13.6 Å². The van der Waals surface area contributed by atoms with Crippen LogP contribution in [0.3, 0.4) is 0 Å². The first-order chi connectivity index (χ1) is 7.21. The van der Waals surface area contributed by atoms with Crippen LogP contribution < -0.4 is 9.88 Å². The van der Waals surface area contributed by atoms with E-state index in [1.54, 1.807) is 6.92 Å². The van der Waals surface area contributed by atoms with E-state index in [4.69, 9.17) is 5.14 Å². The number of halogens is 2. The van der Waals surface area contributed by atoms with E-state index < -0.39 is 27.3 Å². The molecule has 0 aliphatic heterocycles. The van der Waals surface area contributed by atoms with Gasteiger partial charge in [0.05, 0.1) is 0 Å². The van der Waals surface area contributed by atoms with Crippen molar-refractivity contribution < 1.29 is 21.9 Å². The summed E-state index contributed by atoms with van der Waals surface area (Å²) in [6, 6.07) is 2.73. The molecule has 0 saturated carbocycles. The zero-order chi connectivity index (χ0) is 12.5. The van der Waals surface area contributed by atoms with E-state index in [-0.39, 0.29) is 0 Å². The van der Waals surface area contributed by atoms with Crippen LogP contribution in [0.1, 0.15) is 11.1 Å². The molecule has 1 aromatic rings. The number of sulfonamides is 1. The van der Waals surface area contributed by atoms with E-state index in [9.17, 15) is 17.2 Å². The molecule has 2 N–H and O–H groups in total. The van der Waals surface area contributed by atoms with Gasteiger partial charge in [-0.3, -0.25) is 0 Å². The quantitative estimate of drug-likeness (QED) is 0.886. The highest BCUT2D eigenvalue weighted by molar-refractivity contribution is 7.89. The Labute approximate surface area is 92.1 Å². The van der Waals surface area contributed by atoms with Gasteiger partial charge < -0.3 is 4.74 Å². The number of nitrogens with two attached hydrogens (primary N) is 1. The van der Waals surface area contributed by atoms with Crippen LogP contribution in [0.25, 0.3) is 0 Å². The number of hydrogen-bond donors (Lipinski definition) is 1. The zero-order valence-electron chi connectivity index (χ0n) is 8.70. The second-order valence-corrected chi connectivity index (χ2v) is 4.86. The summed E-state index contributed by atoms with van der Waals surface area (Å²) in [7, 11) is -4.08. The molecule has 0 bridgehead atoms. The van der Waals surface area contributed by atoms with Crippen molar-refractivity contribution in [2.45, 2.75) is 25.4 Å². The molecule has 1 rings (SSSR count). The highest BCUT2D eigenvalue weighted by Gasteiger charge is 2.20. The number of benzene rings is 1. The molecule has 0 amide bonds. The normalized spacial score (nSPS) is 11.9. The lowest BCUT2D eigenvalue weighted by molar-refractivity contribution is -0.0522. The first-order valence-electron chi connectivity index (χ1n) is 4.30. The lowest BCUT2D eigenvalue weighted by Crippen LogP contribution is -2.16. The van der Waals surface area contributed by atoms with Crippen molar-refractivity contribution in [2.75, 3.05) is 0 Å². The molecule has 0 aromatic heterocycles. The predicted molar refractivity (Wildman–Crippen MR) is 53.9 cm³/mol. The van der Waals surface area contributed by atoms with Crippen molar-refractivity contribution in [3.63, 3.8) is 0 Å². The van der Waals surface area contributed by atoms with Crippen LogP contribution in [-0.2, 0) is 10.0 Å². The van der Waals surface area contributed by atoms with Gasteiger partial charge in [0.25, 0.3) is 0 Å². The second-order valence-electron chi connectivity index (χ2n) is 3.33. The van der Waals surface area contributed by atoms with E-state index >= 15 is 0 Å². The lowest BCUT2D eigenvalue weighted by atomic mass is 10.1. The highest BCUT2D eigenvalue weighted by Crippen LogP contribution is 2.29. The van der Waals surface area contributed by atoms with Crippen LogP contribution in [0.15, 0.2) is 17.0 Å². The number of hydrogen-bond acceptors (Lipinski definition) is 3. The number of primary sulfonamides is 1. The molecule has 16 heavy (non-hydrogen) atoms. The minimum absolute atomic E-state index is 0.296. The Morgan fingerprint density at radius 1 is 1.31 bits per heavy atom. The molecular weight excluding hydrogens is 240 g/mol. The van der Waals surface area contributed by atoms with Gasteiger partial charge >= 0.3 is 6.61 Å². The minimum Gasteiger partial charge on any atom is -0.433 e. The van der Waals surface area contributed by atoms with Gasteiger partial charge in [0.1, 0.15) is 10.6 Å². The monoisotopic (exact) mass is 251 g/mol. The topological polar surface area (TPSA) is 69.4 Å². The molecule has 0 unspecified atom stereocenters. The summed E-state index contributed by atoms with van der Waals surface area (Å²) in [6.45, 7) is 0.00894. The fourth-order valence-corrected chi connectivity index (χ4v) is 2.18. The standard InChI is InChI=1S/C9H11F2NO3S/c1-5-3-6(2)8(15-9(10)11)7(4-5)16(12,13)14/h3-4,9H,1-2H3,(H2,12,13,14). The fraction of sp³-hybridized carbons (Fsp3) is 0.333. The third-order valence-electron chi connectivity index (χ3n) is 1.90. The molecule has 90 valence electrons. The molecule has 4 nitrogen and oxygen atoms in total. The molecule has 0 aliphatic rings. The minimum atomic E-state index is -4.08. The SMILES string of the molecule is Cc1cc(C)c(OC(F)F)c(S(N)(=O)=O)c1. The number of aryl methyl sites for hydroxylation is 2. The summed E-state index contributed by atoms with van der Waals surface area (Å²) in [4.78, 5) is -0.426. The molecule has 0 fully saturated rings. The molecule has 0 atom stereocenters. The molecule has 0 saturated heterocycles. The second kappa shape index (κ2) is 4.34. The van der Waals surface area contributed by atoms with Gasteiger partial charge in [-0.2, -0.15) is 8.78 Å². The van der Waals surface area contributed by atoms with Gasteiger partial charge in [-0.1, -0.05) is 6.07 Å². The smallest absolute Gasteiger partial charge is 0.387 e. The van der Waals surface area contributed by atoms with Gasteiger partial charge in [0.15, 0.2) is 0 Å². The largest absolute Gasteiger partial charge is 0.433 e. The van der Waals surface area contributed by atoms with Crippen molar-refractivity contribution in [1.82, 2.24) is 0 Å². The van der Waals surface area contributed by atoms with E-state index in [1.165, 1.54) is 19.1 Å². The van der Waals surface area contributed by atoms with Crippen LogP contribution in [-0.4, -0.2) is 15.0 Å². The van der Waals surface area contributed by atoms with Crippen molar-refractivity contribution in [3.05, 3.63) is 23.3 Å². The average molecular weight is 251 g/mol. The molecular formula is C9H11F2NO3S. The molecule has 0 heterocycles. The maximum Gasteiger partial charge on any atom is 0.387 e. The van der Waals surface area contributed by atoms with Gasteiger partial charge in [-0.05, 0) is 31.0 Å². The molecule has 7 heteroatoms. The highest BCUT2D eigenvalue weighted by atomic mass is 32.2. The Morgan fingerprint density at radius 3 is 2.31 bits per heavy atom. The summed E-state index contributed by atoms with van der Waals surface area (Å²) >= 11 is 0. The Hall–Kier alpha value is -1.21. The van der Waals surface area contributed by atoms with Gasteiger partial charge in [0.2, 0.25) is 10.0 Å². The Bertz CT molecular complexity index is 500. The summed E-state index contributed by atoms with van der Waals surface area (Å²) in [5.41, 5.74) is 0.896. The van der Waals surface area contributed by atoms with Gasteiger partial charge in [-0.15, -0.1) is 0 Å². The lowest BCUT2D eigenvalue weighted by Gasteiger charge is -2.12. The maximum atomic E-state index is 12.1. The van der Waals surface area contributed by atoms with Crippen LogP contribution >= 0.6 is 0 Å². The summed E-state index contributed by atoms with van der Waals surface area (Å²) in [5, 5.41) is 4.92. The van der Waals surface area contributed by atoms with Crippen LogP contribution in [0.2, 0.25) is 0 Å². The molecule has 0 radical (unpaired) electrons. The van der Waals surface area contributed by atoms with E-state index in [1.807, 2.05) is 0 Å². The van der Waals surface area contributed by atoms with Crippen LogP contribution in [0.5, 0.6) is 5.75 Å². The predicted octanol–water partition coefficient (Wildman–Crippen LogP) is 1.55. The van der Waals surface area contributed by atoms with E-state index in [0.717, 1.165) is 0 Å². The van der Waals surface area contributed by atoms with Crippen LogP contribution in [0, 0.1) is 13.8 Å². The number of alkyl halides is 2. The average Bonchev–Trinajstić information content (AvgIpc) is 2.06. The Morgan fingerprint density at radius 2 is 1.88 bits per heavy atom. The zero-order valence-corrected chi connectivity index (χ0v) is 9.51. The van der Waals surface area contributed by atoms with Crippen molar-refractivity contribution in [1.29, 1.82) is 0 Å². The van der Waals surface area contributed by atoms with Crippen molar-refractivity contribution in [3.8, 4) is 5.75 Å². The summed E-state index contributed by atoms with van der Waals surface area (Å²) in [6.07, 6.45) is 0. The maximum absolute atomic E-state index is 12.1. The van der Waals surface area contributed by atoms with Gasteiger partial charge in [0, 0.05) is 0 Å². The Balaban J connectivity index is 3.45. The molecule has 0 spiro atoms. The Kier molecular flexibility index (Phi) is 3.49. The molecule has 1 aromatic carbocycles. The molecule has 0 aliphatic carbocycles. The third-order valence-corrected chi connectivity index (χ3v) is 2.81. The number of rotatable bonds is 3. The van der Waals surface area contributed by atoms with E-state index in [2.05, 4.69) is 4.74 Å². The van der Waals surface area contributed by atoms with Crippen molar-refractivity contribution >= 4 is 10.0 Å². The first kappa shape index (κ1) is 12.9. The third kappa shape index (κ3) is 2.89. The van der Waals surface area contributed by atoms with Crippen LogP contribution in [0.4, 0.5) is 8.78 Å². The van der Waals surface area contributed by atoms with Crippen molar-refractivity contribution in [2.24, 2.45) is 5.14 Å².